The van der Waals surface area contributed by atoms with Crippen molar-refractivity contribution in [3.63, 3.8) is 0 Å². The number of carboxylic acids is 2. The molecule has 4 amide bonds. The Hall–Kier alpha value is -7.24. The van der Waals surface area contributed by atoms with E-state index < -0.39 is 41.7 Å². The van der Waals surface area contributed by atoms with Crippen LogP contribution in [0.25, 0.3) is 0 Å². The van der Waals surface area contributed by atoms with Crippen molar-refractivity contribution in [3.8, 4) is 11.8 Å². The summed E-state index contributed by atoms with van der Waals surface area (Å²) in [6, 6.07) is 22.4. The van der Waals surface area contributed by atoms with Gasteiger partial charge in [-0.25, -0.2) is 4.79 Å². The molecule has 0 aromatic heterocycles. The lowest BCUT2D eigenvalue weighted by atomic mass is 9.94. The van der Waals surface area contributed by atoms with E-state index in [1.54, 1.807) is 4.90 Å². The SMILES string of the molecule is COC(=O)[C@H](CCCCNC(=O)CCCc1ccc(I)cc1)NC(=O)C(CCC(=O)NCCCCCC(=O)CCCCCCCC(=O)C[C@@H](CCC(=O)O)C(=O)O)CC(=O)CCOCCOCCOCCOCCCC(=O)CCC(=O)N1Cc2ccccc2C#Cc2ccccc21. The zero-order valence-electron chi connectivity index (χ0n) is 56.5. The first-order valence-corrected chi connectivity index (χ1v) is 35.5. The Balaban J connectivity index is 1.08. The number of hydrogen-bond acceptors (Lipinski definition) is 16. The molecule has 1 unspecified atom stereocenters. The van der Waals surface area contributed by atoms with Crippen molar-refractivity contribution < 1.29 is 86.6 Å². The van der Waals surface area contributed by atoms with Crippen LogP contribution in [0.4, 0.5) is 5.69 Å². The second kappa shape index (κ2) is 50.1. The lowest BCUT2D eigenvalue weighted by molar-refractivity contribution is -0.146. The number of Topliss-reactive ketones (excluding diaryl/α,β-unsaturated/α-hetero) is 4. The van der Waals surface area contributed by atoms with Crippen molar-refractivity contribution in [1.82, 2.24) is 16.0 Å². The van der Waals surface area contributed by atoms with Crippen LogP contribution in [-0.2, 0) is 89.4 Å². The first-order valence-electron chi connectivity index (χ1n) is 34.4. The molecule has 23 heteroatoms. The quantitative estimate of drug-likeness (QED) is 0.0152. The van der Waals surface area contributed by atoms with Crippen LogP contribution in [0.2, 0.25) is 0 Å². The van der Waals surface area contributed by atoms with Gasteiger partial charge in [-0.05, 0) is 141 Å². The van der Waals surface area contributed by atoms with E-state index in [0.717, 1.165) is 63.6 Å². The van der Waals surface area contributed by atoms with Gasteiger partial charge in [-0.3, -0.25) is 47.9 Å². The maximum absolute atomic E-state index is 13.9. The number of fused-ring (bicyclic) bond motifs is 2. The van der Waals surface area contributed by atoms with Gasteiger partial charge in [-0.1, -0.05) is 80.0 Å². The summed E-state index contributed by atoms with van der Waals surface area (Å²) in [7, 11) is 1.22. The summed E-state index contributed by atoms with van der Waals surface area (Å²) >= 11 is 2.25. The lowest BCUT2D eigenvalue weighted by Crippen LogP contribution is -2.45. The van der Waals surface area contributed by atoms with Crippen LogP contribution in [0, 0.1) is 27.2 Å². The second-order valence-corrected chi connectivity index (χ2v) is 25.6. The fourth-order valence-corrected chi connectivity index (χ4v) is 11.2. The first kappa shape index (κ1) is 82.2. The summed E-state index contributed by atoms with van der Waals surface area (Å²) in [5, 5.41) is 26.7. The molecule has 3 aromatic carbocycles. The summed E-state index contributed by atoms with van der Waals surface area (Å²) in [6.45, 7) is 3.28. The number of aliphatic carboxylic acids is 2. The third kappa shape index (κ3) is 37.3. The van der Waals surface area contributed by atoms with E-state index in [1.807, 2.05) is 60.7 Å². The number of esters is 1. The number of halogens is 1. The average molecular weight is 1460 g/mol. The molecule has 4 rings (SSSR count). The van der Waals surface area contributed by atoms with Crippen LogP contribution in [0.3, 0.4) is 0 Å². The molecule has 1 heterocycles. The molecule has 97 heavy (non-hydrogen) atoms. The van der Waals surface area contributed by atoms with Gasteiger partial charge in [-0.2, -0.15) is 0 Å². The predicted molar refractivity (Wildman–Crippen MR) is 373 cm³/mol. The number of carboxylic acid groups (broad SMARTS) is 2. The highest BCUT2D eigenvalue weighted by molar-refractivity contribution is 14.1. The summed E-state index contributed by atoms with van der Waals surface area (Å²) in [5.41, 5.74) is 4.48. The van der Waals surface area contributed by atoms with Gasteiger partial charge in [0.2, 0.25) is 23.6 Å². The molecule has 0 bridgehead atoms. The Kier molecular flexibility index (Phi) is 42.5. The van der Waals surface area contributed by atoms with Crippen molar-refractivity contribution in [1.29, 1.82) is 0 Å². The van der Waals surface area contributed by atoms with Crippen molar-refractivity contribution in [3.05, 3.63) is 98.6 Å². The number of aryl methyl sites for hydroxylation is 1. The van der Waals surface area contributed by atoms with E-state index in [9.17, 15) is 57.8 Å². The Morgan fingerprint density at radius 3 is 1.68 bits per heavy atom. The largest absolute Gasteiger partial charge is 0.481 e. The lowest BCUT2D eigenvalue weighted by Gasteiger charge is -2.26. The molecule has 0 aliphatic carbocycles. The number of carbonyl (C=O) groups is 11. The molecule has 0 saturated heterocycles. The highest BCUT2D eigenvalue weighted by Gasteiger charge is 2.29. The number of amides is 4. The third-order valence-electron chi connectivity index (χ3n) is 16.5. The van der Waals surface area contributed by atoms with Crippen molar-refractivity contribution in [2.24, 2.45) is 11.8 Å². The highest BCUT2D eigenvalue weighted by atomic mass is 127. The molecule has 1 aliphatic heterocycles. The van der Waals surface area contributed by atoms with E-state index in [1.165, 1.54) is 7.11 Å². The minimum atomic E-state index is -1.17. The predicted octanol–water partition coefficient (Wildman–Crippen LogP) is 9.95. The third-order valence-corrected chi connectivity index (χ3v) is 17.2. The van der Waals surface area contributed by atoms with Gasteiger partial charge in [0.15, 0.2) is 0 Å². The van der Waals surface area contributed by atoms with Crippen LogP contribution in [-0.4, -0.2) is 154 Å². The molecule has 0 fully saturated rings. The zero-order valence-corrected chi connectivity index (χ0v) is 58.6. The number of benzene rings is 3. The van der Waals surface area contributed by atoms with Gasteiger partial charge in [0.1, 0.15) is 29.2 Å². The van der Waals surface area contributed by atoms with Gasteiger partial charge in [0.25, 0.3) is 0 Å². The van der Waals surface area contributed by atoms with Crippen LogP contribution in [0.1, 0.15) is 196 Å². The molecule has 0 saturated carbocycles. The fraction of sp³-hybridized carbons (Fsp3) is 0.581. The smallest absolute Gasteiger partial charge is 0.328 e. The molecule has 0 spiro atoms. The van der Waals surface area contributed by atoms with E-state index in [4.69, 9.17) is 28.8 Å². The molecule has 3 aromatic rings. The summed E-state index contributed by atoms with van der Waals surface area (Å²) in [5.74, 6) is 0.126. The number of para-hydroxylation sites is 1. The Labute approximate surface area is 585 Å². The van der Waals surface area contributed by atoms with Gasteiger partial charge >= 0.3 is 17.9 Å². The Morgan fingerprint density at radius 2 is 1.02 bits per heavy atom. The van der Waals surface area contributed by atoms with Crippen LogP contribution >= 0.6 is 22.6 Å². The van der Waals surface area contributed by atoms with Crippen LogP contribution in [0.15, 0.2) is 72.8 Å². The topological polar surface area (TPSA) is 314 Å². The normalized spacial score (nSPS) is 12.5. The van der Waals surface area contributed by atoms with Gasteiger partial charge in [0, 0.05) is 117 Å². The zero-order chi connectivity index (χ0) is 70.3. The van der Waals surface area contributed by atoms with Crippen LogP contribution in [0.5, 0.6) is 0 Å². The Morgan fingerprint density at radius 1 is 0.495 bits per heavy atom. The second-order valence-electron chi connectivity index (χ2n) is 24.3. The van der Waals surface area contributed by atoms with Crippen LogP contribution < -0.4 is 20.9 Å². The monoisotopic (exact) mass is 1460 g/mol. The van der Waals surface area contributed by atoms with Gasteiger partial charge in [0.05, 0.1) is 71.5 Å². The van der Waals surface area contributed by atoms with E-state index in [-0.39, 0.29) is 131 Å². The number of carbonyl (C=O) groups excluding carboxylic acids is 9. The molecular weight excluding hydrogens is 1360 g/mol. The number of anilines is 1. The summed E-state index contributed by atoms with van der Waals surface area (Å²) in [6.07, 6.45) is 10.2. The maximum atomic E-state index is 13.9. The van der Waals surface area contributed by atoms with E-state index >= 15 is 0 Å². The van der Waals surface area contributed by atoms with Crippen molar-refractivity contribution in [2.45, 2.75) is 192 Å². The number of ketones is 4. The number of nitrogens with one attached hydrogen (secondary N) is 3. The minimum Gasteiger partial charge on any atom is -0.481 e. The number of hydrogen-bond donors (Lipinski definition) is 5. The fourth-order valence-electron chi connectivity index (χ4n) is 10.8. The molecule has 1 aliphatic rings. The van der Waals surface area contributed by atoms with E-state index in [2.05, 4.69) is 62.5 Å². The Bertz CT molecular complexity index is 3020. The van der Waals surface area contributed by atoms with E-state index in [0.29, 0.717) is 130 Å². The number of nitrogens with zero attached hydrogens (tertiary/aromatic N) is 1. The number of rotatable bonds is 56. The summed E-state index contributed by atoms with van der Waals surface area (Å²) in [4.78, 5) is 141. The molecule has 3 atom stereocenters. The van der Waals surface area contributed by atoms with Gasteiger partial charge < -0.3 is 54.7 Å². The molecule has 22 nitrogen and oxygen atoms in total. The first-order chi connectivity index (χ1) is 46.9. The molecular formula is C74H101IN4O18. The van der Waals surface area contributed by atoms with Crippen molar-refractivity contribution >= 4 is 92.9 Å². The average Bonchev–Trinajstić information content (AvgIpc) is 0.827. The van der Waals surface area contributed by atoms with Gasteiger partial charge in [-0.15, -0.1) is 0 Å². The standard InChI is InChI=1S/C74H101IN4O18/c1-93-74(92)66(26-13-15-43-76-68(84)28-16-18-55-29-35-61(75)36-30-55)78-72(89)58(33-38-69(85)77-42-14-5-8-23-62(80)22-6-3-2-4-7-24-64(82)53-59(73(90)91)34-40-71(87)88)52-65(83)41-45-95-47-49-97-51-50-96-48-46-94-44-17-25-63(81)37-39-70(86)79-54-60-21-10-9-19-56(60)31-32-57-20-11-12-27-67(57)79/h9-12,19-21,27,29-30,35-36,58-59,66H,2-8,13-18,22-26,28,33-34,37-54H2,1H3,(H,76,84)(H,77,85)(H,78,89)(H,87,88)(H,90,91)/t58?,59-,66+/m1/s1. The van der Waals surface area contributed by atoms with Crippen molar-refractivity contribution in [2.75, 3.05) is 78.0 Å². The molecule has 5 N–H and O–H groups in total. The maximum Gasteiger partial charge on any atom is 0.328 e. The molecule has 532 valence electrons. The number of ether oxygens (including phenoxy) is 5. The number of methoxy groups -OCH3 is 1. The molecule has 0 radical (unpaired) electrons. The number of unbranched alkanes of at least 4 members (excludes halogenated alkanes) is 7. The minimum absolute atomic E-state index is 0.00316. The summed E-state index contributed by atoms with van der Waals surface area (Å²) < 4.78 is 28.7. The highest BCUT2D eigenvalue weighted by Crippen LogP contribution is 2.27.